The number of aliphatic hydroxyl groups excluding tert-OH is 1. The van der Waals surface area contributed by atoms with Gasteiger partial charge in [0.25, 0.3) is 0 Å². The number of pyridine rings is 1. The minimum Gasteiger partial charge on any atom is -0.393 e. The Morgan fingerprint density at radius 2 is 2.07 bits per heavy atom. The molecule has 0 saturated heterocycles. The molecule has 2 atom stereocenters. The number of imidazole rings is 1. The highest BCUT2D eigenvalue weighted by Crippen LogP contribution is 2.35. The van der Waals surface area contributed by atoms with E-state index in [0.717, 1.165) is 36.0 Å². The summed E-state index contributed by atoms with van der Waals surface area (Å²) in [6.07, 6.45) is 6.22. The van der Waals surface area contributed by atoms with Crippen LogP contribution in [0, 0.1) is 0 Å². The number of benzene rings is 1. The molecule has 0 radical (unpaired) electrons. The average molecular weight is 446 g/mol. The van der Waals surface area contributed by atoms with Crippen LogP contribution in [-0.2, 0) is 16.4 Å². The van der Waals surface area contributed by atoms with Crippen LogP contribution in [-0.4, -0.2) is 50.2 Å². The fourth-order valence-electron chi connectivity index (χ4n) is 4.33. The van der Waals surface area contributed by atoms with Gasteiger partial charge in [-0.15, -0.1) is 0 Å². The summed E-state index contributed by atoms with van der Waals surface area (Å²) < 4.78 is 28.2. The van der Waals surface area contributed by atoms with Gasteiger partial charge in [-0.25, -0.2) is 13.4 Å². The monoisotopic (exact) mass is 445 g/mol. The fraction of sp³-hybridized carbons (Fsp3) is 0.350. The molecule has 0 spiro atoms. The first-order valence-electron chi connectivity index (χ1n) is 9.66. The van der Waals surface area contributed by atoms with Gasteiger partial charge in [0.1, 0.15) is 5.82 Å². The minimum absolute atomic E-state index is 0.0295. The predicted molar refractivity (Wildman–Crippen MR) is 113 cm³/mol. The molecule has 0 amide bonds. The Bertz CT molecular complexity index is 1380. The van der Waals surface area contributed by atoms with Crippen LogP contribution in [0.1, 0.15) is 31.1 Å². The van der Waals surface area contributed by atoms with Crippen LogP contribution in [0.3, 0.4) is 0 Å². The smallest absolute Gasteiger partial charge is 0.195 e. The molecule has 1 fully saturated rings. The number of aromatic nitrogens is 5. The Kier molecular flexibility index (Phi) is 4.57. The van der Waals surface area contributed by atoms with Crippen LogP contribution < -0.4 is 0 Å². The fourth-order valence-corrected chi connectivity index (χ4v) is 5.31. The zero-order chi connectivity index (χ0) is 21.0. The zero-order valence-corrected chi connectivity index (χ0v) is 17.8. The van der Waals surface area contributed by atoms with Crippen molar-refractivity contribution in [3.63, 3.8) is 0 Å². The summed E-state index contributed by atoms with van der Waals surface area (Å²) in [7, 11) is -3.50. The van der Waals surface area contributed by atoms with Gasteiger partial charge in [0.15, 0.2) is 14.9 Å². The van der Waals surface area contributed by atoms with E-state index in [2.05, 4.69) is 14.6 Å². The number of sulfone groups is 1. The first-order valence-corrected chi connectivity index (χ1v) is 11.9. The van der Waals surface area contributed by atoms with Crippen molar-refractivity contribution >= 4 is 43.4 Å². The van der Waals surface area contributed by atoms with Crippen molar-refractivity contribution in [2.45, 2.75) is 43.0 Å². The van der Waals surface area contributed by atoms with Crippen molar-refractivity contribution in [1.29, 1.82) is 0 Å². The number of hydrogen-bond acceptors (Lipinski definition) is 6. The van der Waals surface area contributed by atoms with Crippen molar-refractivity contribution in [3.05, 3.63) is 47.5 Å². The molecule has 0 bridgehead atoms. The van der Waals surface area contributed by atoms with Crippen LogP contribution in [0.15, 0.2) is 41.7 Å². The highest BCUT2D eigenvalue weighted by molar-refractivity contribution is 7.90. The van der Waals surface area contributed by atoms with Crippen molar-refractivity contribution in [3.8, 4) is 0 Å². The van der Waals surface area contributed by atoms with E-state index in [4.69, 9.17) is 16.6 Å². The third-order valence-corrected chi connectivity index (χ3v) is 6.87. The van der Waals surface area contributed by atoms with Gasteiger partial charge < -0.3 is 9.67 Å². The summed E-state index contributed by atoms with van der Waals surface area (Å²) in [5, 5.41) is 15.6. The summed E-state index contributed by atoms with van der Waals surface area (Å²) in [5.74, 6) is 0.736. The Morgan fingerprint density at radius 1 is 1.23 bits per heavy atom. The van der Waals surface area contributed by atoms with Gasteiger partial charge in [0.2, 0.25) is 0 Å². The summed E-state index contributed by atoms with van der Waals surface area (Å²) in [6.45, 7) is 0.274. The molecular weight excluding hydrogens is 426 g/mol. The first-order chi connectivity index (χ1) is 14.3. The van der Waals surface area contributed by atoms with E-state index in [-0.39, 0.29) is 23.7 Å². The molecule has 1 aliphatic carbocycles. The third-order valence-electron chi connectivity index (χ3n) is 5.63. The van der Waals surface area contributed by atoms with Gasteiger partial charge in [-0.3, -0.25) is 9.67 Å². The molecule has 0 unspecified atom stereocenters. The molecule has 1 aromatic carbocycles. The molecule has 1 N–H and O–H groups in total. The Labute approximate surface area is 178 Å². The molecule has 10 heteroatoms. The molecule has 156 valence electrons. The van der Waals surface area contributed by atoms with Gasteiger partial charge in [0.05, 0.1) is 35.4 Å². The van der Waals surface area contributed by atoms with E-state index >= 15 is 0 Å². The summed E-state index contributed by atoms with van der Waals surface area (Å²) >= 11 is 6.17. The highest BCUT2D eigenvalue weighted by Gasteiger charge is 2.28. The quantitative estimate of drug-likeness (QED) is 0.518. The maximum atomic E-state index is 12.2. The standard InChI is InChI=1S/C20H20ClN5O3S/c1-30(28,29)20-15-6-7-22-10-18(15)25(24-20)11-19-23-16-8-12(21)2-5-17(16)26(19)13-3-4-14(27)9-13/h2,5-8,10,13-14,27H,3-4,9,11H2,1H3/t13-,14-/m0/s1. The van der Waals surface area contributed by atoms with E-state index in [1.54, 1.807) is 23.1 Å². The predicted octanol–water partition coefficient (Wildman–Crippen LogP) is 2.97. The summed E-state index contributed by atoms with van der Waals surface area (Å²) in [5.41, 5.74) is 2.32. The maximum absolute atomic E-state index is 12.2. The van der Waals surface area contributed by atoms with Crippen molar-refractivity contribution < 1.29 is 13.5 Å². The Hall–Kier alpha value is -2.49. The Morgan fingerprint density at radius 3 is 2.80 bits per heavy atom. The summed E-state index contributed by atoms with van der Waals surface area (Å²) in [4.78, 5) is 8.92. The number of fused-ring (bicyclic) bond motifs is 2. The van der Waals surface area contributed by atoms with Crippen LogP contribution in [0.25, 0.3) is 21.9 Å². The van der Waals surface area contributed by atoms with Gasteiger partial charge >= 0.3 is 0 Å². The molecular formula is C20H20ClN5O3S. The lowest BCUT2D eigenvalue weighted by Crippen LogP contribution is -2.14. The van der Waals surface area contributed by atoms with Crippen molar-refractivity contribution in [1.82, 2.24) is 24.3 Å². The largest absolute Gasteiger partial charge is 0.393 e. The summed E-state index contributed by atoms with van der Waals surface area (Å²) in [6, 6.07) is 7.34. The van der Waals surface area contributed by atoms with E-state index in [9.17, 15) is 13.5 Å². The lowest BCUT2D eigenvalue weighted by atomic mass is 10.2. The number of rotatable bonds is 4. The molecule has 5 rings (SSSR count). The number of aliphatic hydroxyl groups is 1. The molecule has 1 saturated carbocycles. The number of hydrogen-bond donors (Lipinski definition) is 1. The highest BCUT2D eigenvalue weighted by atomic mass is 35.5. The molecule has 4 aromatic rings. The minimum atomic E-state index is -3.50. The van der Waals surface area contributed by atoms with Gasteiger partial charge in [-0.2, -0.15) is 5.10 Å². The second-order valence-electron chi connectivity index (χ2n) is 7.78. The normalized spacial score (nSPS) is 19.8. The second kappa shape index (κ2) is 7.04. The topological polar surface area (TPSA) is 103 Å². The average Bonchev–Trinajstić information content (AvgIpc) is 3.36. The van der Waals surface area contributed by atoms with Gasteiger partial charge in [-0.05, 0) is 43.5 Å². The van der Waals surface area contributed by atoms with E-state index < -0.39 is 9.84 Å². The van der Waals surface area contributed by atoms with E-state index in [0.29, 0.717) is 22.3 Å². The Balaban J connectivity index is 1.68. The maximum Gasteiger partial charge on any atom is 0.195 e. The third kappa shape index (κ3) is 3.27. The molecule has 30 heavy (non-hydrogen) atoms. The molecule has 1 aliphatic rings. The molecule has 3 heterocycles. The number of halogens is 1. The molecule has 8 nitrogen and oxygen atoms in total. The van der Waals surface area contributed by atoms with E-state index in [1.165, 1.54) is 0 Å². The van der Waals surface area contributed by atoms with Crippen LogP contribution >= 0.6 is 11.6 Å². The second-order valence-corrected chi connectivity index (χ2v) is 10.1. The van der Waals surface area contributed by atoms with Gasteiger partial charge in [0, 0.05) is 28.9 Å². The lowest BCUT2D eigenvalue weighted by Gasteiger charge is -2.17. The SMILES string of the molecule is CS(=O)(=O)c1nn(Cc2nc3cc(Cl)ccc3n2[C@H]2CC[C@H](O)C2)c2cnccc12. The molecule has 3 aromatic heterocycles. The van der Waals surface area contributed by atoms with Crippen molar-refractivity contribution in [2.24, 2.45) is 0 Å². The van der Waals surface area contributed by atoms with Crippen LogP contribution in [0.2, 0.25) is 5.02 Å². The van der Waals surface area contributed by atoms with Gasteiger partial charge in [-0.1, -0.05) is 11.6 Å². The van der Waals surface area contributed by atoms with E-state index in [1.807, 2.05) is 18.2 Å². The first kappa shape index (κ1) is 19.5. The number of nitrogens with zero attached hydrogens (tertiary/aromatic N) is 5. The zero-order valence-electron chi connectivity index (χ0n) is 16.2. The van der Waals surface area contributed by atoms with Crippen molar-refractivity contribution in [2.75, 3.05) is 6.26 Å². The lowest BCUT2D eigenvalue weighted by molar-refractivity contribution is 0.178. The van der Waals surface area contributed by atoms with Crippen LogP contribution in [0.4, 0.5) is 0 Å². The molecule has 0 aliphatic heterocycles. The van der Waals surface area contributed by atoms with Crippen LogP contribution in [0.5, 0.6) is 0 Å².